The zero-order valence-corrected chi connectivity index (χ0v) is 11.6. The topological polar surface area (TPSA) is 66.6 Å². The van der Waals surface area contributed by atoms with Crippen LogP contribution < -0.4 is 5.73 Å². The molecule has 1 amide bonds. The summed E-state index contributed by atoms with van der Waals surface area (Å²) in [6.45, 7) is 5.61. The summed E-state index contributed by atoms with van der Waals surface area (Å²) < 4.78 is 0. The summed E-state index contributed by atoms with van der Waals surface area (Å²) >= 11 is 0. The molecule has 3 N–H and O–H groups in total. The van der Waals surface area contributed by atoms with Gasteiger partial charge in [0.05, 0.1) is 13.1 Å². The fraction of sp³-hybridized carbons (Fsp3) is 0.929. The monoisotopic (exact) mass is 254 g/mol. The van der Waals surface area contributed by atoms with Gasteiger partial charge in [0.1, 0.15) is 5.60 Å². The maximum atomic E-state index is 12.4. The summed E-state index contributed by atoms with van der Waals surface area (Å²) in [5, 5.41) is 10.2. The van der Waals surface area contributed by atoms with Crippen molar-refractivity contribution in [2.24, 2.45) is 23.5 Å². The SMILES string of the molecule is CC(C)C1(O)CN(C(=O)C2CCCCC2CN)C1. The average molecular weight is 254 g/mol. The number of β-amino-alcohol motifs (C(OH)–C–C–N with tert-alkyl or cyclic N) is 1. The second kappa shape index (κ2) is 5.17. The molecule has 0 radical (unpaired) electrons. The molecule has 2 atom stereocenters. The largest absolute Gasteiger partial charge is 0.386 e. The molecule has 2 rings (SSSR count). The summed E-state index contributed by atoms with van der Waals surface area (Å²) in [7, 11) is 0. The highest BCUT2D eigenvalue weighted by molar-refractivity contribution is 5.80. The standard InChI is InChI=1S/C14H26N2O2/c1-10(2)14(18)8-16(9-14)13(17)12-6-4-3-5-11(12)7-15/h10-12,18H,3-9,15H2,1-2H3. The number of hydrogen-bond donors (Lipinski definition) is 2. The van der Waals surface area contributed by atoms with Crippen LogP contribution in [0.5, 0.6) is 0 Å². The fourth-order valence-corrected chi connectivity index (χ4v) is 3.19. The Labute approximate surface area is 110 Å². The highest BCUT2D eigenvalue weighted by atomic mass is 16.3. The van der Waals surface area contributed by atoms with Gasteiger partial charge in [-0.25, -0.2) is 0 Å². The number of nitrogens with two attached hydrogens (primary N) is 1. The van der Waals surface area contributed by atoms with E-state index in [4.69, 9.17) is 5.73 Å². The van der Waals surface area contributed by atoms with Crippen LogP contribution in [0.15, 0.2) is 0 Å². The molecule has 0 aromatic carbocycles. The number of likely N-dealkylation sites (tertiary alicyclic amines) is 1. The number of amides is 1. The molecule has 4 nitrogen and oxygen atoms in total. The van der Waals surface area contributed by atoms with E-state index in [0.29, 0.717) is 25.6 Å². The molecule has 0 bridgehead atoms. The third kappa shape index (κ3) is 2.41. The predicted molar refractivity (Wildman–Crippen MR) is 70.9 cm³/mol. The number of rotatable bonds is 3. The highest BCUT2D eigenvalue weighted by Crippen LogP contribution is 2.35. The van der Waals surface area contributed by atoms with Crippen molar-refractivity contribution in [1.82, 2.24) is 4.90 Å². The van der Waals surface area contributed by atoms with Crippen LogP contribution in [0.3, 0.4) is 0 Å². The van der Waals surface area contributed by atoms with Gasteiger partial charge < -0.3 is 15.7 Å². The van der Waals surface area contributed by atoms with Crippen LogP contribution in [-0.2, 0) is 4.79 Å². The van der Waals surface area contributed by atoms with E-state index in [1.165, 1.54) is 6.42 Å². The number of carbonyl (C=O) groups is 1. The molecule has 2 unspecified atom stereocenters. The molecule has 1 saturated heterocycles. The molecule has 0 aromatic heterocycles. The lowest BCUT2D eigenvalue weighted by Gasteiger charge is -2.50. The van der Waals surface area contributed by atoms with Crippen LogP contribution >= 0.6 is 0 Å². The first-order valence-corrected chi connectivity index (χ1v) is 7.19. The second-order valence-corrected chi connectivity index (χ2v) is 6.34. The Balaban J connectivity index is 1.93. The summed E-state index contributed by atoms with van der Waals surface area (Å²) in [6, 6.07) is 0. The van der Waals surface area contributed by atoms with E-state index < -0.39 is 5.60 Å². The summed E-state index contributed by atoms with van der Waals surface area (Å²) in [6.07, 6.45) is 4.38. The quantitative estimate of drug-likeness (QED) is 0.789. The van der Waals surface area contributed by atoms with Crippen molar-refractivity contribution in [2.45, 2.75) is 45.1 Å². The molecule has 1 aliphatic heterocycles. The number of nitrogens with zero attached hydrogens (tertiary/aromatic N) is 1. The molecule has 4 heteroatoms. The molecular formula is C14H26N2O2. The van der Waals surface area contributed by atoms with E-state index in [9.17, 15) is 9.90 Å². The Bertz CT molecular complexity index is 311. The van der Waals surface area contributed by atoms with Crippen molar-refractivity contribution in [3.05, 3.63) is 0 Å². The van der Waals surface area contributed by atoms with Crippen LogP contribution in [-0.4, -0.2) is 41.1 Å². The Kier molecular flexibility index (Phi) is 3.97. The van der Waals surface area contributed by atoms with Crippen molar-refractivity contribution in [2.75, 3.05) is 19.6 Å². The van der Waals surface area contributed by atoms with Gasteiger partial charge in [-0.3, -0.25) is 4.79 Å². The molecule has 0 spiro atoms. The first kappa shape index (κ1) is 13.8. The van der Waals surface area contributed by atoms with E-state index in [2.05, 4.69) is 0 Å². The Morgan fingerprint density at radius 3 is 2.56 bits per heavy atom. The second-order valence-electron chi connectivity index (χ2n) is 6.34. The average Bonchev–Trinajstić information content (AvgIpc) is 2.33. The highest BCUT2D eigenvalue weighted by Gasteiger charge is 2.47. The molecule has 2 fully saturated rings. The van der Waals surface area contributed by atoms with E-state index in [-0.39, 0.29) is 17.7 Å². The van der Waals surface area contributed by atoms with Gasteiger partial charge in [0.15, 0.2) is 0 Å². The minimum absolute atomic E-state index is 0.0977. The number of hydrogen-bond acceptors (Lipinski definition) is 3. The Morgan fingerprint density at radius 2 is 2.00 bits per heavy atom. The molecular weight excluding hydrogens is 228 g/mol. The maximum Gasteiger partial charge on any atom is 0.226 e. The van der Waals surface area contributed by atoms with Gasteiger partial charge in [-0.05, 0) is 31.2 Å². The zero-order valence-electron chi connectivity index (χ0n) is 11.6. The summed E-state index contributed by atoms with van der Waals surface area (Å²) in [4.78, 5) is 14.2. The fourth-order valence-electron chi connectivity index (χ4n) is 3.19. The van der Waals surface area contributed by atoms with Gasteiger partial charge in [-0.1, -0.05) is 26.7 Å². The van der Waals surface area contributed by atoms with Crippen LogP contribution in [0.4, 0.5) is 0 Å². The first-order chi connectivity index (χ1) is 8.48. The zero-order chi connectivity index (χ0) is 13.3. The molecule has 104 valence electrons. The van der Waals surface area contributed by atoms with E-state index in [1.807, 2.05) is 18.7 Å². The normalized spacial score (nSPS) is 31.3. The summed E-state index contributed by atoms with van der Waals surface area (Å²) in [5.41, 5.74) is 5.11. The molecule has 1 saturated carbocycles. The van der Waals surface area contributed by atoms with Crippen molar-refractivity contribution >= 4 is 5.91 Å². The van der Waals surface area contributed by atoms with Crippen molar-refractivity contribution in [3.8, 4) is 0 Å². The third-order valence-corrected chi connectivity index (χ3v) is 4.84. The Morgan fingerprint density at radius 1 is 1.39 bits per heavy atom. The first-order valence-electron chi connectivity index (χ1n) is 7.19. The molecule has 2 aliphatic rings. The minimum Gasteiger partial charge on any atom is -0.386 e. The summed E-state index contributed by atoms with van der Waals surface area (Å²) in [5.74, 6) is 0.869. The van der Waals surface area contributed by atoms with E-state index >= 15 is 0 Å². The molecule has 1 aliphatic carbocycles. The van der Waals surface area contributed by atoms with Crippen LogP contribution in [0.25, 0.3) is 0 Å². The van der Waals surface area contributed by atoms with Gasteiger partial charge in [0, 0.05) is 5.92 Å². The number of aliphatic hydroxyl groups is 1. The lowest BCUT2D eigenvalue weighted by Crippen LogP contribution is -2.67. The van der Waals surface area contributed by atoms with Crippen molar-refractivity contribution in [3.63, 3.8) is 0 Å². The Hall–Kier alpha value is -0.610. The maximum absolute atomic E-state index is 12.4. The van der Waals surface area contributed by atoms with Gasteiger partial charge in [0.2, 0.25) is 5.91 Å². The predicted octanol–water partition coefficient (Wildman–Crippen LogP) is 0.981. The molecule has 1 heterocycles. The van der Waals surface area contributed by atoms with Crippen molar-refractivity contribution in [1.29, 1.82) is 0 Å². The third-order valence-electron chi connectivity index (χ3n) is 4.84. The van der Waals surface area contributed by atoms with Gasteiger partial charge in [-0.2, -0.15) is 0 Å². The molecule has 18 heavy (non-hydrogen) atoms. The smallest absolute Gasteiger partial charge is 0.226 e. The van der Waals surface area contributed by atoms with Crippen LogP contribution in [0, 0.1) is 17.8 Å². The number of carbonyl (C=O) groups excluding carboxylic acids is 1. The van der Waals surface area contributed by atoms with Gasteiger partial charge in [0.25, 0.3) is 0 Å². The lowest BCUT2D eigenvalue weighted by molar-refractivity contribution is -0.170. The van der Waals surface area contributed by atoms with Crippen molar-refractivity contribution < 1.29 is 9.90 Å². The van der Waals surface area contributed by atoms with E-state index in [0.717, 1.165) is 19.3 Å². The van der Waals surface area contributed by atoms with E-state index in [1.54, 1.807) is 0 Å². The molecule has 0 aromatic rings. The minimum atomic E-state index is -0.664. The van der Waals surface area contributed by atoms with Gasteiger partial charge in [-0.15, -0.1) is 0 Å². The van der Waals surface area contributed by atoms with Gasteiger partial charge >= 0.3 is 0 Å². The lowest BCUT2D eigenvalue weighted by atomic mass is 9.76. The van der Waals surface area contributed by atoms with Crippen LogP contribution in [0.1, 0.15) is 39.5 Å². The van der Waals surface area contributed by atoms with Crippen LogP contribution in [0.2, 0.25) is 0 Å².